The van der Waals surface area contributed by atoms with Gasteiger partial charge in [-0.1, -0.05) is 60.4 Å². The van der Waals surface area contributed by atoms with E-state index in [-0.39, 0.29) is 6.10 Å². The lowest BCUT2D eigenvalue weighted by Crippen LogP contribution is -2.17. The number of ether oxygens (including phenoxy) is 2. The van der Waals surface area contributed by atoms with Gasteiger partial charge in [0.1, 0.15) is 5.75 Å². The average molecular weight is 374 g/mol. The molecule has 1 aromatic rings. The molecule has 0 amide bonds. The Morgan fingerprint density at radius 2 is 1.74 bits per heavy atom. The van der Waals surface area contributed by atoms with Crippen LogP contribution in [0, 0.1) is 0 Å². The zero-order valence-electron chi connectivity index (χ0n) is 11.6. The quantitative estimate of drug-likeness (QED) is 0.414. The standard InChI is InChI=1S/C16H23IO2/c1-18-14-10-8-13(9-11-14)16(12-17)19-15-6-4-2-3-5-7-15/h8-11,15-16H,2-7,12H2,1H3. The fourth-order valence-electron chi connectivity index (χ4n) is 2.63. The van der Waals surface area contributed by atoms with Gasteiger partial charge in [-0.2, -0.15) is 0 Å². The van der Waals surface area contributed by atoms with Crippen LogP contribution in [0.4, 0.5) is 0 Å². The molecular weight excluding hydrogens is 351 g/mol. The van der Waals surface area contributed by atoms with E-state index in [9.17, 15) is 0 Å². The molecule has 0 aliphatic heterocycles. The minimum absolute atomic E-state index is 0.217. The number of rotatable bonds is 5. The molecule has 0 aromatic heterocycles. The Hall–Kier alpha value is -0.290. The van der Waals surface area contributed by atoms with Crippen molar-refractivity contribution in [3.63, 3.8) is 0 Å². The summed E-state index contributed by atoms with van der Waals surface area (Å²) in [6, 6.07) is 8.29. The fourth-order valence-corrected chi connectivity index (χ4v) is 3.35. The molecule has 1 aliphatic rings. The summed E-state index contributed by atoms with van der Waals surface area (Å²) in [6.45, 7) is 0. The summed E-state index contributed by atoms with van der Waals surface area (Å²) in [7, 11) is 1.70. The van der Waals surface area contributed by atoms with Crippen molar-refractivity contribution in [2.75, 3.05) is 11.5 Å². The third-order valence-electron chi connectivity index (χ3n) is 3.79. The number of benzene rings is 1. The van der Waals surface area contributed by atoms with Gasteiger partial charge in [-0.3, -0.25) is 0 Å². The van der Waals surface area contributed by atoms with Crippen molar-refractivity contribution in [3.05, 3.63) is 29.8 Å². The van der Waals surface area contributed by atoms with Crippen molar-refractivity contribution in [1.82, 2.24) is 0 Å². The fraction of sp³-hybridized carbons (Fsp3) is 0.625. The third kappa shape index (κ3) is 4.63. The summed E-state index contributed by atoms with van der Waals surface area (Å²) in [5.74, 6) is 0.908. The number of halogens is 1. The van der Waals surface area contributed by atoms with Gasteiger partial charge in [0.05, 0.1) is 19.3 Å². The Bertz CT molecular complexity index is 356. The highest BCUT2D eigenvalue weighted by Crippen LogP contribution is 2.28. The van der Waals surface area contributed by atoms with Gasteiger partial charge in [-0.25, -0.2) is 0 Å². The first-order valence-corrected chi connectivity index (χ1v) is 8.71. The van der Waals surface area contributed by atoms with Crippen LogP contribution < -0.4 is 4.74 Å². The van der Waals surface area contributed by atoms with E-state index in [1.54, 1.807) is 7.11 Å². The number of hydrogen-bond acceptors (Lipinski definition) is 2. The zero-order valence-corrected chi connectivity index (χ0v) is 13.8. The van der Waals surface area contributed by atoms with E-state index in [2.05, 4.69) is 34.7 Å². The summed E-state index contributed by atoms with van der Waals surface area (Å²) in [4.78, 5) is 0. The van der Waals surface area contributed by atoms with E-state index in [0.29, 0.717) is 6.10 Å². The van der Waals surface area contributed by atoms with E-state index in [4.69, 9.17) is 9.47 Å². The molecule has 0 heterocycles. The Balaban J connectivity index is 1.97. The van der Waals surface area contributed by atoms with Crippen LogP contribution in [0.5, 0.6) is 5.75 Å². The molecule has 0 saturated heterocycles. The highest BCUT2D eigenvalue weighted by molar-refractivity contribution is 14.1. The molecule has 1 aromatic carbocycles. The summed E-state index contributed by atoms with van der Waals surface area (Å²) >= 11 is 2.42. The summed E-state index contributed by atoms with van der Waals surface area (Å²) in [6.07, 6.45) is 8.50. The first-order valence-electron chi connectivity index (χ1n) is 7.19. The molecule has 2 rings (SSSR count). The van der Waals surface area contributed by atoms with Crippen LogP contribution >= 0.6 is 22.6 Å². The molecule has 1 atom stereocenters. The van der Waals surface area contributed by atoms with Gasteiger partial charge >= 0.3 is 0 Å². The van der Waals surface area contributed by atoms with Gasteiger partial charge in [-0.05, 0) is 30.5 Å². The number of alkyl halides is 1. The Morgan fingerprint density at radius 1 is 1.11 bits per heavy atom. The maximum Gasteiger partial charge on any atom is 0.118 e. The Labute approximate surface area is 130 Å². The minimum atomic E-state index is 0.217. The average Bonchev–Trinajstić information content (AvgIpc) is 2.73. The topological polar surface area (TPSA) is 18.5 Å². The van der Waals surface area contributed by atoms with Crippen LogP contribution in [0.15, 0.2) is 24.3 Å². The first kappa shape index (κ1) is 15.1. The van der Waals surface area contributed by atoms with E-state index in [0.717, 1.165) is 10.2 Å². The Morgan fingerprint density at radius 3 is 2.26 bits per heavy atom. The monoisotopic (exact) mass is 374 g/mol. The van der Waals surface area contributed by atoms with Gasteiger partial charge in [0.2, 0.25) is 0 Å². The number of hydrogen-bond donors (Lipinski definition) is 0. The summed E-state index contributed by atoms with van der Waals surface area (Å²) < 4.78 is 12.5. The van der Waals surface area contributed by atoms with Gasteiger partial charge in [0, 0.05) is 4.43 Å². The normalized spacial score (nSPS) is 18.8. The minimum Gasteiger partial charge on any atom is -0.497 e. The van der Waals surface area contributed by atoms with Gasteiger partial charge in [0.25, 0.3) is 0 Å². The molecule has 0 bridgehead atoms. The van der Waals surface area contributed by atoms with E-state index < -0.39 is 0 Å². The second kappa shape index (κ2) is 8.10. The predicted octanol–water partition coefficient (Wildman–Crippen LogP) is 4.91. The maximum absolute atomic E-state index is 6.33. The molecule has 0 radical (unpaired) electrons. The maximum atomic E-state index is 6.33. The molecule has 1 fully saturated rings. The third-order valence-corrected chi connectivity index (χ3v) is 4.59. The predicted molar refractivity (Wildman–Crippen MR) is 87.2 cm³/mol. The number of methoxy groups -OCH3 is 1. The summed E-state index contributed by atoms with van der Waals surface area (Å²) in [5.41, 5.74) is 1.26. The van der Waals surface area contributed by atoms with Gasteiger partial charge in [-0.15, -0.1) is 0 Å². The van der Waals surface area contributed by atoms with Crippen LogP contribution in [0.2, 0.25) is 0 Å². The lowest BCUT2D eigenvalue weighted by Gasteiger charge is -2.23. The van der Waals surface area contributed by atoms with Crippen molar-refractivity contribution >= 4 is 22.6 Å². The van der Waals surface area contributed by atoms with Crippen LogP contribution in [-0.2, 0) is 4.74 Å². The van der Waals surface area contributed by atoms with Gasteiger partial charge in [0.15, 0.2) is 0 Å². The molecule has 0 N–H and O–H groups in total. The van der Waals surface area contributed by atoms with Crippen LogP contribution in [-0.4, -0.2) is 17.6 Å². The highest BCUT2D eigenvalue weighted by Gasteiger charge is 2.19. The van der Waals surface area contributed by atoms with Crippen LogP contribution in [0.25, 0.3) is 0 Å². The molecule has 106 valence electrons. The van der Waals surface area contributed by atoms with Gasteiger partial charge < -0.3 is 9.47 Å². The SMILES string of the molecule is COc1ccc(C(CI)OC2CCCCCC2)cc1. The molecule has 19 heavy (non-hydrogen) atoms. The molecule has 1 unspecified atom stereocenters. The second-order valence-corrected chi connectivity index (χ2v) is 6.05. The van der Waals surface area contributed by atoms with Crippen LogP contribution in [0.1, 0.15) is 50.2 Å². The largest absolute Gasteiger partial charge is 0.497 e. The van der Waals surface area contributed by atoms with Crippen molar-refractivity contribution in [3.8, 4) is 5.75 Å². The van der Waals surface area contributed by atoms with Crippen LogP contribution in [0.3, 0.4) is 0 Å². The lowest BCUT2D eigenvalue weighted by atomic mass is 10.1. The van der Waals surface area contributed by atoms with Crippen molar-refractivity contribution in [2.24, 2.45) is 0 Å². The first-order chi connectivity index (χ1) is 9.33. The zero-order chi connectivity index (χ0) is 13.5. The lowest BCUT2D eigenvalue weighted by molar-refractivity contribution is -0.00706. The van der Waals surface area contributed by atoms with Crippen molar-refractivity contribution in [2.45, 2.75) is 50.7 Å². The van der Waals surface area contributed by atoms with E-state index >= 15 is 0 Å². The molecule has 2 nitrogen and oxygen atoms in total. The molecular formula is C16H23IO2. The van der Waals surface area contributed by atoms with Crippen molar-refractivity contribution in [1.29, 1.82) is 0 Å². The van der Waals surface area contributed by atoms with E-state index in [1.807, 2.05) is 12.1 Å². The molecule has 1 aliphatic carbocycles. The smallest absolute Gasteiger partial charge is 0.118 e. The van der Waals surface area contributed by atoms with E-state index in [1.165, 1.54) is 44.1 Å². The highest BCUT2D eigenvalue weighted by atomic mass is 127. The van der Waals surface area contributed by atoms with Crippen molar-refractivity contribution < 1.29 is 9.47 Å². The molecule has 0 spiro atoms. The molecule has 3 heteroatoms. The summed E-state index contributed by atoms with van der Waals surface area (Å²) in [5, 5.41) is 0. The molecule has 1 saturated carbocycles. The second-order valence-electron chi connectivity index (χ2n) is 5.17. The Kier molecular flexibility index (Phi) is 6.44.